The van der Waals surface area contributed by atoms with E-state index in [1.807, 2.05) is 6.07 Å². The maximum absolute atomic E-state index is 12.3. The summed E-state index contributed by atoms with van der Waals surface area (Å²) in [7, 11) is 0. The molecule has 0 aromatic carbocycles. The fourth-order valence-corrected chi connectivity index (χ4v) is 4.13. The Labute approximate surface area is 154 Å². The van der Waals surface area contributed by atoms with E-state index >= 15 is 0 Å². The summed E-state index contributed by atoms with van der Waals surface area (Å²) in [4.78, 5) is 27.6. The predicted octanol–water partition coefficient (Wildman–Crippen LogP) is 1.41. The van der Waals surface area contributed by atoms with E-state index in [2.05, 4.69) is 25.1 Å². The molecule has 26 heavy (non-hydrogen) atoms. The van der Waals surface area contributed by atoms with E-state index in [1.54, 1.807) is 4.90 Å². The number of aromatic nitrogens is 2. The van der Waals surface area contributed by atoms with E-state index in [0.29, 0.717) is 32.1 Å². The van der Waals surface area contributed by atoms with Crippen molar-refractivity contribution in [2.24, 2.45) is 0 Å². The van der Waals surface area contributed by atoms with Crippen molar-refractivity contribution < 1.29 is 9.53 Å². The van der Waals surface area contributed by atoms with Gasteiger partial charge in [0.1, 0.15) is 18.0 Å². The number of hydrogen-bond acceptors (Lipinski definition) is 6. The Morgan fingerprint density at radius 2 is 1.77 bits per heavy atom. The van der Waals surface area contributed by atoms with Crippen LogP contribution in [0.2, 0.25) is 0 Å². The van der Waals surface area contributed by atoms with Crippen molar-refractivity contribution in [3.63, 3.8) is 0 Å². The second kappa shape index (κ2) is 8.18. The Morgan fingerprint density at radius 1 is 1.04 bits per heavy atom. The number of nitrogens with one attached hydrogen (secondary N) is 1. The fraction of sp³-hybridized carbons (Fsp3) is 0.722. The largest absolute Gasteiger partial charge is 0.378 e. The average molecular weight is 360 g/mol. The Balaban J connectivity index is 1.33. The van der Waals surface area contributed by atoms with Crippen LogP contribution in [0.3, 0.4) is 0 Å². The minimum atomic E-state index is -0.121. The topological polar surface area (TPSA) is 73.8 Å². The molecule has 8 nitrogen and oxygen atoms in total. The van der Waals surface area contributed by atoms with E-state index in [4.69, 9.17) is 4.74 Å². The van der Waals surface area contributed by atoms with Crippen molar-refractivity contribution >= 4 is 17.7 Å². The molecule has 1 N–H and O–H groups in total. The molecule has 142 valence electrons. The van der Waals surface area contributed by atoms with Gasteiger partial charge in [0.2, 0.25) is 0 Å². The maximum Gasteiger partial charge on any atom is 0.323 e. The van der Waals surface area contributed by atoms with Crippen LogP contribution in [0, 0.1) is 0 Å². The average Bonchev–Trinajstić information content (AvgIpc) is 3.24. The molecule has 0 bridgehead atoms. The quantitative estimate of drug-likeness (QED) is 0.878. The highest BCUT2D eigenvalue weighted by Crippen LogP contribution is 2.25. The Kier molecular flexibility index (Phi) is 5.50. The number of amides is 2. The zero-order chi connectivity index (χ0) is 17.8. The summed E-state index contributed by atoms with van der Waals surface area (Å²) in [5, 5.41) is 2.89. The standard InChI is InChI=1S/C18H28N6O2/c25-18(24-9-11-26-12-10-24)21-16-13-17(20-14-19-16)23-7-5-22(6-8-23)15-3-1-2-4-15/h13-15H,1-12H2,(H,19,20,21,25). The summed E-state index contributed by atoms with van der Waals surface area (Å²) < 4.78 is 5.29. The number of carbonyl (C=O) groups is 1. The molecule has 3 aliphatic rings. The predicted molar refractivity (Wildman–Crippen MR) is 99.5 cm³/mol. The minimum Gasteiger partial charge on any atom is -0.378 e. The molecule has 2 amide bonds. The smallest absolute Gasteiger partial charge is 0.323 e. The molecule has 0 spiro atoms. The van der Waals surface area contributed by atoms with Gasteiger partial charge in [-0.2, -0.15) is 0 Å². The highest BCUT2D eigenvalue weighted by Gasteiger charge is 2.26. The van der Waals surface area contributed by atoms with Gasteiger partial charge in [-0.1, -0.05) is 12.8 Å². The lowest BCUT2D eigenvalue weighted by molar-refractivity contribution is 0.0564. The molecule has 4 rings (SSSR count). The molecule has 1 saturated carbocycles. The highest BCUT2D eigenvalue weighted by atomic mass is 16.5. The number of nitrogens with zero attached hydrogens (tertiary/aromatic N) is 5. The number of piperazine rings is 1. The summed E-state index contributed by atoms with van der Waals surface area (Å²) in [6.45, 7) is 6.55. The van der Waals surface area contributed by atoms with Crippen LogP contribution in [0.15, 0.2) is 12.4 Å². The Bertz CT molecular complexity index is 607. The second-order valence-electron chi connectivity index (χ2n) is 7.25. The SMILES string of the molecule is O=C(Nc1cc(N2CCN(C3CCCC3)CC2)ncn1)N1CCOCC1. The van der Waals surface area contributed by atoms with Crippen LogP contribution in [-0.4, -0.2) is 84.3 Å². The van der Waals surface area contributed by atoms with Crippen molar-refractivity contribution in [2.75, 3.05) is 62.7 Å². The zero-order valence-corrected chi connectivity index (χ0v) is 15.3. The first-order valence-corrected chi connectivity index (χ1v) is 9.74. The molecule has 2 saturated heterocycles. The number of urea groups is 1. The first kappa shape index (κ1) is 17.5. The molecule has 0 radical (unpaired) electrons. The fourth-order valence-electron chi connectivity index (χ4n) is 4.13. The number of hydrogen-bond donors (Lipinski definition) is 1. The molecular weight excluding hydrogens is 332 g/mol. The summed E-state index contributed by atoms with van der Waals surface area (Å²) >= 11 is 0. The van der Waals surface area contributed by atoms with Crippen LogP contribution in [0.25, 0.3) is 0 Å². The number of morpholine rings is 1. The molecule has 8 heteroatoms. The zero-order valence-electron chi connectivity index (χ0n) is 15.3. The van der Waals surface area contributed by atoms with Crippen LogP contribution >= 0.6 is 0 Å². The second-order valence-corrected chi connectivity index (χ2v) is 7.25. The number of carbonyl (C=O) groups excluding carboxylic acids is 1. The van der Waals surface area contributed by atoms with Gasteiger partial charge in [0.15, 0.2) is 0 Å². The Morgan fingerprint density at radius 3 is 2.50 bits per heavy atom. The third-order valence-corrected chi connectivity index (χ3v) is 5.67. The summed E-state index contributed by atoms with van der Waals surface area (Å²) in [6, 6.07) is 2.54. The number of ether oxygens (including phenoxy) is 1. The van der Waals surface area contributed by atoms with E-state index in [1.165, 1.54) is 32.0 Å². The van der Waals surface area contributed by atoms with Crippen molar-refractivity contribution in [1.29, 1.82) is 0 Å². The highest BCUT2D eigenvalue weighted by molar-refractivity contribution is 5.88. The van der Waals surface area contributed by atoms with Crippen molar-refractivity contribution in [2.45, 2.75) is 31.7 Å². The van der Waals surface area contributed by atoms with Crippen LogP contribution < -0.4 is 10.2 Å². The molecule has 1 aromatic heterocycles. The van der Waals surface area contributed by atoms with Gasteiger partial charge < -0.3 is 14.5 Å². The molecule has 3 heterocycles. The monoisotopic (exact) mass is 360 g/mol. The van der Waals surface area contributed by atoms with E-state index < -0.39 is 0 Å². The van der Waals surface area contributed by atoms with Gasteiger partial charge in [0, 0.05) is 51.4 Å². The lowest BCUT2D eigenvalue weighted by atomic mass is 10.2. The normalized spacial score (nSPS) is 22.6. The number of rotatable bonds is 3. The van der Waals surface area contributed by atoms with Gasteiger partial charge in [0.25, 0.3) is 0 Å². The van der Waals surface area contributed by atoms with Gasteiger partial charge >= 0.3 is 6.03 Å². The van der Waals surface area contributed by atoms with Crippen LogP contribution in [0.4, 0.5) is 16.4 Å². The number of anilines is 2. The molecule has 1 aliphatic carbocycles. The molecule has 3 fully saturated rings. The van der Waals surface area contributed by atoms with Crippen molar-refractivity contribution in [3.8, 4) is 0 Å². The lowest BCUT2D eigenvalue weighted by Gasteiger charge is -2.38. The van der Waals surface area contributed by atoms with Gasteiger partial charge in [-0.05, 0) is 12.8 Å². The van der Waals surface area contributed by atoms with Gasteiger partial charge in [-0.25, -0.2) is 14.8 Å². The van der Waals surface area contributed by atoms with Gasteiger partial charge in [-0.15, -0.1) is 0 Å². The minimum absolute atomic E-state index is 0.121. The van der Waals surface area contributed by atoms with Crippen molar-refractivity contribution in [3.05, 3.63) is 12.4 Å². The summed E-state index contributed by atoms with van der Waals surface area (Å²) in [5.74, 6) is 1.45. The maximum atomic E-state index is 12.3. The third-order valence-electron chi connectivity index (χ3n) is 5.67. The molecule has 2 aliphatic heterocycles. The summed E-state index contributed by atoms with van der Waals surface area (Å²) in [5.41, 5.74) is 0. The van der Waals surface area contributed by atoms with Crippen LogP contribution in [-0.2, 0) is 4.74 Å². The molecule has 1 aromatic rings. The van der Waals surface area contributed by atoms with E-state index in [9.17, 15) is 4.79 Å². The molecular formula is C18H28N6O2. The van der Waals surface area contributed by atoms with E-state index in [-0.39, 0.29) is 6.03 Å². The van der Waals surface area contributed by atoms with Crippen LogP contribution in [0.1, 0.15) is 25.7 Å². The third kappa shape index (κ3) is 4.07. The lowest BCUT2D eigenvalue weighted by Crippen LogP contribution is -2.50. The van der Waals surface area contributed by atoms with Gasteiger partial charge in [0.05, 0.1) is 13.2 Å². The van der Waals surface area contributed by atoms with Crippen LogP contribution in [0.5, 0.6) is 0 Å². The Hall–Kier alpha value is -1.93. The first-order valence-electron chi connectivity index (χ1n) is 9.74. The van der Waals surface area contributed by atoms with E-state index in [0.717, 1.165) is 38.0 Å². The molecule has 0 unspecified atom stereocenters. The first-order chi connectivity index (χ1) is 12.8. The molecule has 0 atom stereocenters. The summed E-state index contributed by atoms with van der Waals surface area (Å²) in [6.07, 6.45) is 7.00. The van der Waals surface area contributed by atoms with Gasteiger partial charge in [-0.3, -0.25) is 10.2 Å². The van der Waals surface area contributed by atoms with Crippen molar-refractivity contribution in [1.82, 2.24) is 19.8 Å².